The van der Waals surface area contributed by atoms with Crippen LogP contribution in [0.2, 0.25) is 0 Å². The number of ether oxygens (including phenoxy) is 8. The summed E-state index contributed by atoms with van der Waals surface area (Å²) in [5.74, 6) is 2.66. The number of nitrogen functional groups attached to an aromatic ring is 1. The van der Waals surface area contributed by atoms with E-state index in [4.69, 9.17) is 43.6 Å². The Kier molecular flexibility index (Phi) is 12.0. The van der Waals surface area contributed by atoms with Gasteiger partial charge < -0.3 is 54.3 Å². The Balaban J connectivity index is 0.000000195. The van der Waals surface area contributed by atoms with Crippen molar-refractivity contribution in [1.29, 1.82) is 0 Å². The number of nitro groups is 1. The molecule has 50 heavy (non-hydrogen) atoms. The summed E-state index contributed by atoms with van der Waals surface area (Å²) in [6.07, 6.45) is 0.115. The summed E-state index contributed by atoms with van der Waals surface area (Å²) in [5, 5.41) is 16.0. The predicted molar refractivity (Wildman–Crippen MR) is 179 cm³/mol. The van der Waals surface area contributed by atoms with E-state index in [1.165, 1.54) is 25.3 Å². The van der Waals surface area contributed by atoms with Crippen molar-refractivity contribution < 1.29 is 52.4 Å². The number of benzene rings is 4. The molecule has 16 nitrogen and oxygen atoms in total. The number of nitrogens with two attached hydrogens (primary N) is 1. The third kappa shape index (κ3) is 8.74. The second kappa shape index (κ2) is 16.9. The van der Waals surface area contributed by atoms with Gasteiger partial charge in [-0.1, -0.05) is 0 Å². The minimum atomic E-state index is -0.603. The van der Waals surface area contributed by atoms with Crippen LogP contribution in [0.3, 0.4) is 0 Å². The van der Waals surface area contributed by atoms with Crippen LogP contribution in [0.4, 0.5) is 22.7 Å². The lowest BCUT2D eigenvalue weighted by Crippen LogP contribution is -2.01. The van der Waals surface area contributed by atoms with Crippen molar-refractivity contribution in [3.63, 3.8) is 0 Å². The molecule has 4 N–H and O–H groups in total. The van der Waals surface area contributed by atoms with Crippen molar-refractivity contribution in [2.45, 2.75) is 12.6 Å². The summed E-state index contributed by atoms with van der Waals surface area (Å²) >= 11 is 0. The van der Waals surface area contributed by atoms with Gasteiger partial charge in [0, 0.05) is 17.2 Å². The zero-order valence-electron chi connectivity index (χ0n) is 27.0. The number of anilines is 3. The van der Waals surface area contributed by atoms with Gasteiger partial charge in [0.05, 0.1) is 63.0 Å². The first kappa shape index (κ1) is 35.4. The number of carbonyl (C=O) groups is 2. The number of hydrogen-bond donors (Lipinski definition) is 3. The summed E-state index contributed by atoms with van der Waals surface area (Å²) in [6.45, 7) is 2.20. The molecule has 2 aliphatic heterocycles. The number of rotatable bonds is 13. The highest BCUT2D eigenvalue weighted by atomic mass is 16.7. The highest BCUT2D eigenvalue weighted by molar-refractivity contribution is 5.80. The molecule has 0 unspecified atom stereocenters. The van der Waals surface area contributed by atoms with Crippen LogP contribution in [-0.4, -0.2) is 58.4 Å². The number of carbonyl (C=O) groups excluding carboxylic acids is 2. The molecule has 262 valence electrons. The molecular formula is C34H34N4O12. The van der Waals surface area contributed by atoms with E-state index in [0.29, 0.717) is 79.4 Å². The van der Waals surface area contributed by atoms with Crippen molar-refractivity contribution in [3.8, 4) is 34.5 Å². The average Bonchev–Trinajstić information content (AvgIpc) is 3.87. The molecule has 2 heterocycles. The second-order valence-corrected chi connectivity index (χ2v) is 10.4. The lowest BCUT2D eigenvalue weighted by Gasteiger charge is -2.15. The van der Waals surface area contributed by atoms with Crippen LogP contribution in [-0.2, 0) is 28.5 Å². The zero-order valence-corrected chi connectivity index (χ0v) is 27.0. The van der Waals surface area contributed by atoms with Crippen LogP contribution in [0.1, 0.15) is 23.7 Å². The molecule has 16 heteroatoms. The molecule has 0 aliphatic carbocycles. The third-order valence-electron chi connectivity index (χ3n) is 7.24. The molecule has 6 rings (SSSR count). The lowest BCUT2D eigenvalue weighted by molar-refractivity contribution is -0.384. The fourth-order valence-electron chi connectivity index (χ4n) is 4.90. The molecule has 0 saturated carbocycles. The van der Waals surface area contributed by atoms with Crippen LogP contribution < -0.4 is 35.3 Å². The van der Waals surface area contributed by atoms with Crippen LogP contribution in [0.5, 0.6) is 34.5 Å². The highest BCUT2D eigenvalue weighted by Crippen LogP contribution is 2.39. The van der Waals surface area contributed by atoms with Crippen LogP contribution in [0, 0.1) is 10.1 Å². The van der Waals surface area contributed by atoms with Gasteiger partial charge in [-0.25, -0.2) is 0 Å². The van der Waals surface area contributed by atoms with Crippen molar-refractivity contribution in [3.05, 3.63) is 94.0 Å². The Hall–Kier alpha value is -5.94. The van der Waals surface area contributed by atoms with Crippen molar-refractivity contribution in [2.24, 2.45) is 0 Å². The second-order valence-electron chi connectivity index (χ2n) is 10.4. The van der Waals surface area contributed by atoms with Crippen molar-refractivity contribution >= 4 is 35.6 Å². The summed E-state index contributed by atoms with van der Waals surface area (Å²) in [6, 6.07) is 19.8. The first-order valence-electron chi connectivity index (χ1n) is 15.1. The monoisotopic (exact) mass is 690 g/mol. The van der Waals surface area contributed by atoms with Gasteiger partial charge in [0.25, 0.3) is 5.69 Å². The molecule has 0 radical (unpaired) electrons. The van der Waals surface area contributed by atoms with Gasteiger partial charge in [0.15, 0.2) is 35.6 Å². The Bertz CT molecular complexity index is 1810. The smallest absolute Gasteiger partial charge is 0.296 e. The van der Waals surface area contributed by atoms with Crippen molar-refractivity contribution in [2.75, 3.05) is 57.0 Å². The van der Waals surface area contributed by atoms with Gasteiger partial charge in [-0.2, -0.15) is 0 Å². The number of amides is 2. The molecule has 0 aromatic heterocycles. The standard InChI is InChI=1S/C17H16N2O7.C17H18N2O5/c1-23-16-8-11(17-24-6-7-25-17)2-5-15(16)26-12-3-4-13(18-10-20)14(9-12)19(21)22;1-21-16-8-11(17-22-6-7-23-17)2-5-15(16)24-12-3-4-14(19-10-20)13(18)9-12/h2-5,8-10,17H,6-7H2,1H3,(H,18,20);2-5,8-10,17H,6-7,18H2,1H3,(H,19,20). The zero-order chi connectivity index (χ0) is 35.5. The largest absolute Gasteiger partial charge is 0.493 e. The lowest BCUT2D eigenvalue weighted by atomic mass is 10.2. The van der Waals surface area contributed by atoms with E-state index in [2.05, 4.69) is 10.6 Å². The van der Waals surface area contributed by atoms with E-state index in [9.17, 15) is 19.7 Å². The minimum Gasteiger partial charge on any atom is -0.493 e. The normalized spacial score (nSPS) is 14.2. The van der Waals surface area contributed by atoms with E-state index < -0.39 is 11.2 Å². The number of nitro benzene ring substituents is 1. The van der Waals surface area contributed by atoms with E-state index in [1.54, 1.807) is 49.6 Å². The van der Waals surface area contributed by atoms with Crippen LogP contribution >= 0.6 is 0 Å². The average molecular weight is 691 g/mol. The van der Waals surface area contributed by atoms with Gasteiger partial charge in [0.2, 0.25) is 12.8 Å². The molecular weight excluding hydrogens is 656 g/mol. The molecule has 0 bridgehead atoms. The summed E-state index contributed by atoms with van der Waals surface area (Å²) < 4.78 is 44.1. The maximum absolute atomic E-state index is 11.2. The third-order valence-corrected chi connectivity index (χ3v) is 7.24. The minimum absolute atomic E-state index is 0.0789. The number of nitrogens with zero attached hydrogens (tertiary/aromatic N) is 1. The Morgan fingerprint density at radius 3 is 1.58 bits per heavy atom. The maximum atomic E-state index is 11.2. The number of methoxy groups -OCH3 is 2. The van der Waals surface area contributed by atoms with E-state index >= 15 is 0 Å². The first-order valence-corrected chi connectivity index (χ1v) is 15.1. The van der Waals surface area contributed by atoms with Gasteiger partial charge in [-0.15, -0.1) is 0 Å². The summed E-state index contributed by atoms with van der Waals surface area (Å²) in [5.41, 5.74) is 8.24. The molecule has 0 spiro atoms. The van der Waals surface area contributed by atoms with Gasteiger partial charge in [0.1, 0.15) is 17.2 Å². The molecule has 4 aromatic carbocycles. The molecule has 4 aromatic rings. The summed E-state index contributed by atoms with van der Waals surface area (Å²) in [4.78, 5) is 31.6. The number of nitrogens with one attached hydrogen (secondary N) is 2. The Morgan fingerprint density at radius 2 is 1.14 bits per heavy atom. The van der Waals surface area contributed by atoms with E-state index in [0.717, 1.165) is 11.1 Å². The van der Waals surface area contributed by atoms with Crippen LogP contribution in [0.15, 0.2) is 72.8 Å². The van der Waals surface area contributed by atoms with Gasteiger partial charge in [-0.3, -0.25) is 19.7 Å². The van der Waals surface area contributed by atoms with Gasteiger partial charge >= 0.3 is 0 Å². The number of hydrogen-bond acceptors (Lipinski definition) is 13. The summed E-state index contributed by atoms with van der Waals surface area (Å²) in [7, 11) is 3.05. The quantitative estimate of drug-likeness (QED) is 0.0669. The highest BCUT2D eigenvalue weighted by Gasteiger charge is 2.22. The SMILES string of the molecule is COc1cc(C2OCCO2)ccc1Oc1ccc(NC=O)c(N)c1.COc1cc(C2OCCO2)ccc1Oc1ccc(NC=O)c([N+](=O)[O-])c1. The van der Waals surface area contributed by atoms with Crippen LogP contribution in [0.25, 0.3) is 0 Å². The molecule has 0 atom stereocenters. The molecule has 2 fully saturated rings. The predicted octanol–water partition coefficient (Wildman–Crippen LogP) is 5.69. The van der Waals surface area contributed by atoms with Gasteiger partial charge in [-0.05, 0) is 60.7 Å². The van der Waals surface area contributed by atoms with E-state index in [1.807, 2.05) is 12.1 Å². The molecule has 2 saturated heterocycles. The fourth-order valence-corrected chi connectivity index (χ4v) is 4.90. The maximum Gasteiger partial charge on any atom is 0.296 e. The molecule has 2 aliphatic rings. The first-order chi connectivity index (χ1) is 24.3. The Morgan fingerprint density at radius 1 is 0.680 bits per heavy atom. The Labute approximate surface area is 286 Å². The topological polar surface area (TPSA) is 201 Å². The molecule has 2 amide bonds. The van der Waals surface area contributed by atoms with E-state index in [-0.39, 0.29) is 23.4 Å². The van der Waals surface area contributed by atoms with Crippen molar-refractivity contribution in [1.82, 2.24) is 0 Å². The fraction of sp³-hybridized carbons (Fsp3) is 0.235.